The number of fused-ring (bicyclic) bond motifs is 4. The van der Waals surface area contributed by atoms with Crippen LogP contribution in [0.15, 0.2) is 0 Å². The Hall–Kier alpha value is -0.850. The Balaban J connectivity index is 1.04. The lowest BCUT2D eigenvalue weighted by molar-refractivity contribution is -0.571. The van der Waals surface area contributed by atoms with Crippen LogP contribution in [-0.2, 0) is 43.3 Å². The third-order valence-corrected chi connectivity index (χ3v) is 14.0. The molecule has 1 N–H and O–H groups in total. The van der Waals surface area contributed by atoms with Crippen molar-refractivity contribution in [3.63, 3.8) is 0 Å². The van der Waals surface area contributed by atoms with E-state index in [0.717, 1.165) is 51.4 Å². The molecule has 10 fully saturated rings. The van der Waals surface area contributed by atoms with Gasteiger partial charge in [0.1, 0.15) is 0 Å². The summed E-state index contributed by atoms with van der Waals surface area (Å²) in [7, 11) is 0. The fourth-order valence-electron chi connectivity index (χ4n) is 11.4. The SMILES string of the molecule is C[C@H]1[C@@H](CC(CC2O[C@@H]3O[C@]4(C)CCC5[C@H](C)CC[C@@H]([C@H]2C)[C@]53OO4)C(=O)O)O[C@@H]2O[C@]3(C)CCC4[C@H](C)CC[C@@H]1[C@]42OO3. The molecule has 17 atom stereocenters. The van der Waals surface area contributed by atoms with Crippen molar-refractivity contribution in [2.45, 2.75) is 153 Å². The highest BCUT2D eigenvalue weighted by molar-refractivity contribution is 5.70. The van der Waals surface area contributed by atoms with Gasteiger partial charge >= 0.3 is 5.97 Å². The maximum Gasteiger partial charge on any atom is 0.306 e. The van der Waals surface area contributed by atoms with Gasteiger partial charge in [0.25, 0.3) is 0 Å². The number of carboxylic acids is 1. The van der Waals surface area contributed by atoms with E-state index in [2.05, 4.69) is 27.7 Å². The largest absolute Gasteiger partial charge is 0.481 e. The summed E-state index contributed by atoms with van der Waals surface area (Å²) in [5.41, 5.74) is -1.30. The Morgan fingerprint density at radius 3 is 1.50 bits per heavy atom. The molecule has 0 aromatic rings. The number of hydrogen-bond acceptors (Lipinski definition) is 9. The van der Waals surface area contributed by atoms with Crippen LogP contribution in [0.5, 0.6) is 0 Å². The highest BCUT2D eigenvalue weighted by atomic mass is 17.3. The molecule has 4 bridgehead atoms. The average molecular weight is 621 g/mol. The fourth-order valence-corrected chi connectivity index (χ4v) is 11.4. The summed E-state index contributed by atoms with van der Waals surface area (Å²) in [6, 6.07) is 0. The van der Waals surface area contributed by atoms with E-state index in [1.807, 2.05) is 13.8 Å². The minimum Gasteiger partial charge on any atom is -0.481 e. The summed E-state index contributed by atoms with van der Waals surface area (Å²) in [4.78, 5) is 37.5. The summed E-state index contributed by atoms with van der Waals surface area (Å²) in [6.07, 6.45) is 6.75. The minimum atomic E-state index is -0.855. The first-order chi connectivity index (χ1) is 20.9. The third kappa shape index (κ3) is 4.24. The van der Waals surface area contributed by atoms with Crippen molar-refractivity contribution < 1.29 is 48.4 Å². The lowest BCUT2D eigenvalue weighted by Crippen LogP contribution is -2.70. The van der Waals surface area contributed by atoms with E-state index < -0.39 is 47.2 Å². The Labute approximate surface area is 260 Å². The van der Waals surface area contributed by atoms with Crippen LogP contribution in [-0.4, -0.2) is 58.6 Å². The fraction of sp³-hybridized carbons (Fsp3) is 0.971. The third-order valence-electron chi connectivity index (χ3n) is 14.0. The number of ether oxygens (including phenoxy) is 4. The molecule has 4 unspecified atom stereocenters. The van der Waals surface area contributed by atoms with Crippen LogP contribution >= 0.6 is 0 Å². The molecule has 10 nitrogen and oxygen atoms in total. The van der Waals surface area contributed by atoms with E-state index in [-0.39, 0.29) is 47.7 Å². The Kier molecular flexibility index (Phi) is 7.15. The van der Waals surface area contributed by atoms with Crippen molar-refractivity contribution in [1.82, 2.24) is 0 Å². The van der Waals surface area contributed by atoms with Crippen molar-refractivity contribution >= 4 is 5.97 Å². The molecule has 0 aromatic heterocycles. The van der Waals surface area contributed by atoms with E-state index in [9.17, 15) is 9.90 Å². The van der Waals surface area contributed by atoms with Gasteiger partial charge in [-0.05, 0) is 101 Å². The maximum atomic E-state index is 12.9. The summed E-state index contributed by atoms with van der Waals surface area (Å²) in [6.45, 7) is 12.9. The zero-order chi connectivity index (χ0) is 30.8. The van der Waals surface area contributed by atoms with E-state index >= 15 is 0 Å². The number of carboxylic acid groups (broad SMARTS) is 1. The van der Waals surface area contributed by atoms with E-state index in [1.54, 1.807) is 0 Å². The van der Waals surface area contributed by atoms with E-state index in [4.69, 9.17) is 38.5 Å². The molecular weight excluding hydrogens is 568 g/mol. The Morgan fingerprint density at radius 1 is 0.659 bits per heavy atom. The monoisotopic (exact) mass is 620 g/mol. The summed E-state index contributed by atoms with van der Waals surface area (Å²) >= 11 is 0. The zero-order valence-electron chi connectivity index (χ0n) is 27.2. The van der Waals surface area contributed by atoms with Gasteiger partial charge in [-0.1, -0.05) is 27.7 Å². The predicted molar refractivity (Wildman–Crippen MR) is 154 cm³/mol. The quantitative estimate of drug-likeness (QED) is 0.369. The molecule has 0 aromatic carbocycles. The van der Waals surface area contributed by atoms with Crippen LogP contribution in [0, 0.1) is 53.3 Å². The lowest BCUT2D eigenvalue weighted by Gasteiger charge is -2.61. The number of carbonyl (C=O) groups is 1. The van der Waals surface area contributed by atoms with Crippen LogP contribution in [0.4, 0.5) is 0 Å². The van der Waals surface area contributed by atoms with Crippen molar-refractivity contribution in [2.75, 3.05) is 0 Å². The first-order valence-electron chi connectivity index (χ1n) is 17.5. The number of rotatable bonds is 5. The van der Waals surface area contributed by atoms with Crippen molar-refractivity contribution in [3.8, 4) is 0 Å². The van der Waals surface area contributed by atoms with Crippen molar-refractivity contribution in [2.24, 2.45) is 53.3 Å². The Bertz CT molecular complexity index is 1070. The zero-order valence-corrected chi connectivity index (χ0v) is 27.2. The van der Waals surface area contributed by atoms with E-state index in [1.165, 1.54) is 0 Å². The molecule has 2 saturated carbocycles. The van der Waals surface area contributed by atoms with Crippen LogP contribution in [0.25, 0.3) is 0 Å². The second-order valence-electron chi connectivity index (χ2n) is 16.4. The number of aliphatic carboxylic acids is 1. The summed E-state index contributed by atoms with van der Waals surface area (Å²) in [5.74, 6) is -1.11. The molecule has 10 aliphatic rings. The molecule has 248 valence electrons. The van der Waals surface area contributed by atoms with Crippen molar-refractivity contribution in [1.29, 1.82) is 0 Å². The molecule has 10 rings (SSSR count). The highest BCUT2D eigenvalue weighted by Gasteiger charge is 2.71. The molecule has 8 saturated heterocycles. The van der Waals surface area contributed by atoms with Crippen LogP contribution in [0.1, 0.15) is 106 Å². The summed E-state index contributed by atoms with van der Waals surface area (Å²) in [5, 5.41) is 10.6. The smallest absolute Gasteiger partial charge is 0.306 e. The van der Waals surface area contributed by atoms with Crippen LogP contribution in [0.2, 0.25) is 0 Å². The van der Waals surface area contributed by atoms with Crippen molar-refractivity contribution in [3.05, 3.63) is 0 Å². The molecule has 0 amide bonds. The standard InChI is InChI=1S/C34H52O10/c1-17-7-9-24-19(3)26(37-29-33(24)22(17)11-13-31(5,39-29)41-43-33)15-21(28(35)36)16-27-20(4)25-10-8-18(2)23-12-14-32(6)40-30(38-27)34(23,25)44-42-32/h17-27,29-30H,7-16H2,1-6H3,(H,35,36)/t17-,18-,19-,20-,21?,22?,23?,24+,25+,26-,27?,29-,30-,31+,32+,33-,34-/m1/s1. The molecule has 10 heteroatoms. The second-order valence-corrected chi connectivity index (χ2v) is 16.4. The van der Waals surface area contributed by atoms with Gasteiger partial charge in [-0.2, -0.15) is 0 Å². The van der Waals surface area contributed by atoms with Gasteiger partial charge in [0.2, 0.25) is 11.6 Å². The van der Waals surface area contributed by atoms with Gasteiger partial charge < -0.3 is 24.1 Å². The maximum absolute atomic E-state index is 12.9. The first kappa shape index (κ1) is 30.5. The molecule has 8 aliphatic heterocycles. The Morgan fingerprint density at radius 2 is 1.09 bits per heavy atom. The molecule has 44 heavy (non-hydrogen) atoms. The first-order valence-corrected chi connectivity index (χ1v) is 17.5. The van der Waals surface area contributed by atoms with Crippen LogP contribution < -0.4 is 0 Å². The molecule has 0 radical (unpaired) electrons. The normalized spacial score (nSPS) is 58.3. The minimum absolute atomic E-state index is 0.0951. The van der Waals surface area contributed by atoms with E-state index in [0.29, 0.717) is 24.7 Å². The second kappa shape index (κ2) is 10.3. The average Bonchev–Trinajstić information content (AvgIpc) is 3.35. The molecular formula is C34H52O10. The van der Waals surface area contributed by atoms with Gasteiger partial charge in [0.15, 0.2) is 23.8 Å². The highest BCUT2D eigenvalue weighted by Crippen LogP contribution is 2.63. The molecule has 8 heterocycles. The van der Waals surface area contributed by atoms with Crippen LogP contribution in [0.3, 0.4) is 0 Å². The molecule has 2 spiro atoms. The van der Waals surface area contributed by atoms with Gasteiger partial charge in [0, 0.05) is 24.7 Å². The predicted octanol–water partition coefficient (Wildman–Crippen LogP) is 5.97. The van der Waals surface area contributed by atoms with Gasteiger partial charge in [-0.25, -0.2) is 19.6 Å². The molecule has 2 aliphatic carbocycles. The van der Waals surface area contributed by atoms with Gasteiger partial charge in [-0.15, -0.1) is 0 Å². The van der Waals surface area contributed by atoms with Gasteiger partial charge in [0.05, 0.1) is 18.1 Å². The lowest BCUT2D eigenvalue weighted by atomic mass is 9.56. The number of hydrogen-bond donors (Lipinski definition) is 1. The topological polar surface area (TPSA) is 111 Å². The summed E-state index contributed by atoms with van der Waals surface area (Å²) < 4.78 is 26.7. The van der Waals surface area contributed by atoms with Gasteiger partial charge in [-0.3, -0.25) is 4.79 Å².